The van der Waals surface area contributed by atoms with Crippen LogP contribution >= 0.6 is 0 Å². The van der Waals surface area contributed by atoms with Crippen LogP contribution in [0.4, 0.5) is 18.0 Å². The van der Waals surface area contributed by atoms with Gasteiger partial charge in [0.15, 0.2) is 11.6 Å². The van der Waals surface area contributed by atoms with E-state index in [2.05, 4.69) is 10.1 Å². The van der Waals surface area contributed by atoms with Crippen molar-refractivity contribution in [1.29, 1.82) is 0 Å². The van der Waals surface area contributed by atoms with Crippen molar-refractivity contribution in [2.24, 2.45) is 0 Å². The summed E-state index contributed by atoms with van der Waals surface area (Å²) in [6, 6.07) is 7.16. The summed E-state index contributed by atoms with van der Waals surface area (Å²) < 4.78 is 45.7. The Morgan fingerprint density at radius 3 is 2.46 bits per heavy atom. The molecule has 1 aromatic carbocycles. The molecule has 3 aromatic heterocycles. The smallest absolute Gasteiger partial charge is 0.325 e. The fourth-order valence-electron chi connectivity index (χ4n) is 6.22. The predicted octanol–water partition coefficient (Wildman–Crippen LogP) is 4.58. The molecule has 0 unspecified atom stereocenters. The predicted molar refractivity (Wildman–Crippen MR) is 143 cm³/mol. The van der Waals surface area contributed by atoms with Gasteiger partial charge in [-0.2, -0.15) is 18.3 Å². The highest BCUT2D eigenvalue weighted by Gasteiger charge is 2.39. The lowest BCUT2D eigenvalue weighted by molar-refractivity contribution is -0.137. The van der Waals surface area contributed by atoms with Crippen LogP contribution in [-0.4, -0.2) is 66.2 Å². The zero-order chi connectivity index (χ0) is 28.5. The van der Waals surface area contributed by atoms with Gasteiger partial charge in [-0.15, -0.1) is 0 Å². The fourth-order valence-corrected chi connectivity index (χ4v) is 6.22. The quantitative estimate of drug-likeness (QED) is 0.334. The van der Waals surface area contributed by atoms with Crippen LogP contribution in [0.1, 0.15) is 48.2 Å². The first-order valence-corrected chi connectivity index (χ1v) is 13.6. The molecule has 1 fully saturated rings. The molecule has 0 saturated carbocycles. The third-order valence-electron chi connectivity index (χ3n) is 8.13. The first-order valence-electron chi connectivity index (χ1n) is 13.6. The number of Topliss-reactive ketones (excluding diaryl/α,β-unsaturated/α-hetero) is 2. The monoisotopic (exact) mass is 562 g/mol. The van der Waals surface area contributed by atoms with Gasteiger partial charge in [0.2, 0.25) is 0 Å². The number of piperidine rings is 1. The Balaban J connectivity index is 1.42. The van der Waals surface area contributed by atoms with Crippen LogP contribution < -0.4 is 0 Å². The van der Waals surface area contributed by atoms with E-state index in [9.17, 15) is 27.6 Å². The molecule has 2 aliphatic heterocycles. The first kappa shape index (κ1) is 25.5. The Morgan fingerprint density at radius 1 is 0.902 bits per heavy atom. The molecule has 12 heteroatoms. The van der Waals surface area contributed by atoms with Gasteiger partial charge < -0.3 is 9.80 Å². The van der Waals surface area contributed by atoms with Gasteiger partial charge in [0.25, 0.3) is 0 Å². The van der Waals surface area contributed by atoms with Gasteiger partial charge >= 0.3 is 12.2 Å². The fraction of sp³-hybridized carbons (Fsp3) is 0.345. The highest BCUT2D eigenvalue weighted by atomic mass is 19.4. The number of nitrogens with zero attached hydrogens (tertiary/aromatic N) is 6. The number of benzene rings is 1. The number of hydrogen-bond acceptors (Lipinski definition) is 5. The van der Waals surface area contributed by atoms with E-state index >= 15 is 0 Å². The number of fused-ring (bicyclic) bond motifs is 1. The second kappa shape index (κ2) is 9.28. The van der Waals surface area contributed by atoms with E-state index in [1.165, 1.54) is 6.20 Å². The molecular weight excluding hydrogens is 537 g/mol. The number of alkyl halides is 3. The average molecular weight is 563 g/mol. The van der Waals surface area contributed by atoms with Crippen LogP contribution in [0, 0.1) is 0 Å². The lowest BCUT2D eigenvalue weighted by Crippen LogP contribution is -2.45. The van der Waals surface area contributed by atoms with Crippen LogP contribution in [-0.2, 0) is 28.9 Å². The van der Waals surface area contributed by atoms with Gasteiger partial charge in [0.05, 0.1) is 47.1 Å². The van der Waals surface area contributed by atoms with Crippen molar-refractivity contribution >= 4 is 45.3 Å². The number of carbonyl (C=O) groups is 3. The highest BCUT2D eigenvalue weighted by Crippen LogP contribution is 2.41. The van der Waals surface area contributed by atoms with Crippen LogP contribution in [0.2, 0.25) is 0 Å². The average Bonchev–Trinajstić information content (AvgIpc) is 3.58. The second-order valence-electron chi connectivity index (χ2n) is 10.7. The molecule has 0 atom stereocenters. The Morgan fingerprint density at radius 2 is 1.68 bits per heavy atom. The Bertz CT molecular complexity index is 1790. The maximum atomic E-state index is 14.2. The van der Waals surface area contributed by atoms with Crippen molar-refractivity contribution in [2.75, 3.05) is 19.6 Å². The first-order chi connectivity index (χ1) is 19.7. The molecule has 2 amide bonds. The van der Waals surface area contributed by atoms with Crippen molar-refractivity contribution in [3.63, 3.8) is 0 Å². The molecule has 41 heavy (non-hydrogen) atoms. The topological polar surface area (TPSA) is 92.8 Å². The molecular formula is C29H25F3N6O3. The SMILES string of the molecule is O=C1CC(=O)C(c2cnc3ccccn23)=C1c1nn2c3c(cc(C(F)(F)F)cc13)CN(C(=O)N1CCCCC1)CC2. The van der Waals surface area contributed by atoms with E-state index < -0.39 is 29.7 Å². The number of halogens is 3. The number of ketones is 2. The number of imidazole rings is 1. The Labute approximate surface area is 231 Å². The van der Waals surface area contributed by atoms with Gasteiger partial charge in [-0.05, 0) is 49.1 Å². The minimum absolute atomic E-state index is 0.00324. The van der Waals surface area contributed by atoms with Crippen molar-refractivity contribution < 1.29 is 27.6 Å². The van der Waals surface area contributed by atoms with E-state index in [0.717, 1.165) is 31.4 Å². The molecule has 5 heterocycles. The van der Waals surface area contributed by atoms with E-state index in [0.29, 0.717) is 35.5 Å². The lowest BCUT2D eigenvalue weighted by atomic mass is 9.98. The zero-order valence-corrected chi connectivity index (χ0v) is 21.9. The van der Waals surface area contributed by atoms with Gasteiger partial charge in [-0.1, -0.05) is 6.07 Å². The van der Waals surface area contributed by atoms with Crippen molar-refractivity contribution in [2.45, 2.75) is 44.9 Å². The molecule has 1 aliphatic carbocycles. The summed E-state index contributed by atoms with van der Waals surface area (Å²) in [4.78, 5) is 47.4. The number of hydrogen-bond donors (Lipinski definition) is 0. The van der Waals surface area contributed by atoms with Crippen LogP contribution in [0.25, 0.3) is 27.7 Å². The molecule has 4 aromatic rings. The number of carbonyl (C=O) groups excluding carboxylic acids is 3. The number of amides is 2. The largest absolute Gasteiger partial charge is 0.416 e. The van der Waals surface area contributed by atoms with E-state index in [1.807, 2.05) is 0 Å². The maximum absolute atomic E-state index is 14.2. The van der Waals surface area contributed by atoms with Gasteiger partial charge in [-0.3, -0.25) is 18.7 Å². The molecule has 0 bridgehead atoms. The maximum Gasteiger partial charge on any atom is 0.416 e. The minimum atomic E-state index is -4.67. The summed E-state index contributed by atoms with van der Waals surface area (Å²) >= 11 is 0. The van der Waals surface area contributed by atoms with Gasteiger partial charge in [0.1, 0.15) is 11.3 Å². The number of rotatable bonds is 2. The summed E-state index contributed by atoms with van der Waals surface area (Å²) in [6.07, 6.45) is 0.963. The molecule has 3 aliphatic rings. The number of pyridine rings is 1. The van der Waals surface area contributed by atoms with Crippen molar-refractivity contribution in [1.82, 2.24) is 29.0 Å². The summed E-state index contributed by atoms with van der Waals surface area (Å²) in [5, 5.41) is 4.78. The van der Waals surface area contributed by atoms with E-state index in [4.69, 9.17) is 0 Å². The van der Waals surface area contributed by atoms with Crippen LogP contribution in [0.15, 0.2) is 42.7 Å². The minimum Gasteiger partial charge on any atom is -0.325 e. The summed E-state index contributed by atoms with van der Waals surface area (Å²) in [5.74, 6) is -0.934. The van der Waals surface area contributed by atoms with Crippen LogP contribution in [0.5, 0.6) is 0 Å². The third-order valence-corrected chi connectivity index (χ3v) is 8.13. The zero-order valence-electron chi connectivity index (χ0n) is 21.9. The third kappa shape index (κ3) is 4.11. The normalized spacial score (nSPS) is 18.2. The molecule has 9 nitrogen and oxygen atoms in total. The standard InChI is InChI=1S/C29H25F3N6O3/c30-29(31,32)18-12-17-16-36(28(41)35-7-3-1-4-8-35)10-11-38-27(17)19(13-18)26(34-38)25-22(40)14-21(39)24(25)20-15-33-23-6-2-5-9-37(20)23/h2,5-6,9,12-13,15H,1,3-4,7-8,10-11,14,16H2. The van der Waals surface area contributed by atoms with E-state index in [-0.39, 0.29) is 47.9 Å². The summed E-state index contributed by atoms with van der Waals surface area (Å²) in [5.41, 5.74) is 0.902. The van der Waals surface area contributed by atoms with Gasteiger partial charge in [0, 0.05) is 37.8 Å². The Kier molecular flexibility index (Phi) is 5.77. The van der Waals surface area contributed by atoms with E-state index in [1.54, 1.807) is 43.3 Å². The number of allylic oxidation sites excluding steroid dienone is 2. The van der Waals surface area contributed by atoms with Crippen molar-refractivity contribution in [3.8, 4) is 0 Å². The molecule has 1 saturated heterocycles. The van der Waals surface area contributed by atoms with Crippen LogP contribution in [0.3, 0.4) is 0 Å². The molecule has 0 radical (unpaired) electrons. The highest BCUT2D eigenvalue weighted by molar-refractivity contribution is 6.51. The number of urea groups is 1. The molecule has 0 spiro atoms. The van der Waals surface area contributed by atoms with Crippen molar-refractivity contribution in [3.05, 3.63) is 65.2 Å². The number of aromatic nitrogens is 4. The number of likely N-dealkylation sites (tertiary alicyclic amines) is 1. The second-order valence-corrected chi connectivity index (χ2v) is 10.7. The molecule has 7 rings (SSSR count). The Hall–Kier alpha value is -4.48. The summed E-state index contributed by atoms with van der Waals surface area (Å²) in [7, 11) is 0. The molecule has 210 valence electrons. The molecule has 0 N–H and O–H groups in total. The summed E-state index contributed by atoms with van der Waals surface area (Å²) in [6.45, 7) is 1.70. The van der Waals surface area contributed by atoms with Gasteiger partial charge in [-0.25, -0.2) is 9.78 Å². The lowest BCUT2D eigenvalue weighted by Gasteiger charge is -2.32.